The first-order chi connectivity index (χ1) is 9.69. The van der Waals surface area contributed by atoms with Crippen molar-refractivity contribution in [2.75, 3.05) is 12.3 Å². The Hall–Kier alpha value is -2.23. The second kappa shape index (κ2) is 6.80. The van der Waals surface area contributed by atoms with Crippen LogP contribution in [-0.2, 0) is 6.61 Å². The molecule has 2 aromatic carbocycles. The molecular weight excluding hydrogens is 257 g/mol. The summed E-state index contributed by atoms with van der Waals surface area (Å²) in [7, 11) is 0. The number of nitrogen functional groups attached to an aromatic ring is 1. The summed E-state index contributed by atoms with van der Waals surface area (Å²) in [6.45, 7) is 2.92. The molecule has 0 aliphatic heterocycles. The van der Waals surface area contributed by atoms with Crippen LogP contribution in [0.3, 0.4) is 0 Å². The van der Waals surface area contributed by atoms with E-state index in [2.05, 4.69) is 0 Å². The Morgan fingerprint density at radius 3 is 2.40 bits per heavy atom. The minimum atomic E-state index is -0.362. The van der Waals surface area contributed by atoms with E-state index >= 15 is 0 Å². The summed E-state index contributed by atoms with van der Waals surface area (Å²) >= 11 is 0. The zero-order valence-corrected chi connectivity index (χ0v) is 11.4. The summed E-state index contributed by atoms with van der Waals surface area (Å²) in [5.41, 5.74) is 6.68. The first-order valence-electron chi connectivity index (χ1n) is 6.58. The van der Waals surface area contributed by atoms with Crippen molar-refractivity contribution in [1.29, 1.82) is 0 Å². The van der Waals surface area contributed by atoms with Gasteiger partial charge in [0.2, 0.25) is 0 Å². The van der Waals surface area contributed by atoms with Crippen molar-refractivity contribution in [2.24, 2.45) is 0 Å². The molecule has 20 heavy (non-hydrogen) atoms. The van der Waals surface area contributed by atoms with Crippen LogP contribution in [0.5, 0.6) is 11.5 Å². The maximum Gasteiger partial charge on any atom is 0.161 e. The molecule has 2 rings (SSSR count). The highest BCUT2D eigenvalue weighted by Gasteiger charge is 2.05. The van der Waals surface area contributed by atoms with E-state index < -0.39 is 0 Å². The van der Waals surface area contributed by atoms with Gasteiger partial charge in [-0.3, -0.25) is 0 Å². The van der Waals surface area contributed by atoms with Gasteiger partial charge in [-0.2, -0.15) is 0 Å². The fraction of sp³-hybridized carbons (Fsp3) is 0.250. The second-order valence-corrected chi connectivity index (χ2v) is 4.48. The lowest BCUT2D eigenvalue weighted by molar-refractivity contribution is 0.261. The highest BCUT2D eigenvalue weighted by Crippen LogP contribution is 2.27. The average molecular weight is 275 g/mol. The lowest BCUT2D eigenvalue weighted by atomic mass is 10.2. The molecule has 0 saturated heterocycles. The van der Waals surface area contributed by atoms with E-state index in [0.29, 0.717) is 29.4 Å². The number of para-hydroxylation sites is 2. The molecule has 2 aromatic rings. The van der Waals surface area contributed by atoms with Crippen LogP contribution < -0.4 is 15.2 Å². The van der Waals surface area contributed by atoms with Crippen molar-refractivity contribution in [2.45, 2.75) is 20.0 Å². The Labute approximate surface area is 118 Å². The van der Waals surface area contributed by atoms with Gasteiger partial charge in [0.15, 0.2) is 11.5 Å². The molecule has 4 heteroatoms. The van der Waals surface area contributed by atoms with Crippen molar-refractivity contribution >= 4 is 5.69 Å². The van der Waals surface area contributed by atoms with Gasteiger partial charge in [-0.15, -0.1) is 0 Å². The van der Waals surface area contributed by atoms with Crippen molar-refractivity contribution < 1.29 is 13.9 Å². The molecule has 0 saturated carbocycles. The van der Waals surface area contributed by atoms with Crippen LogP contribution in [0, 0.1) is 5.82 Å². The van der Waals surface area contributed by atoms with Crippen molar-refractivity contribution in [3.05, 3.63) is 53.8 Å². The molecule has 3 nitrogen and oxygen atoms in total. The summed E-state index contributed by atoms with van der Waals surface area (Å²) in [5, 5.41) is 0. The SMILES string of the molecule is CCCOc1ccccc1OCc1cc(N)cc(F)c1. The number of nitrogens with two attached hydrogens (primary N) is 1. The van der Waals surface area contributed by atoms with Crippen LogP contribution in [0.15, 0.2) is 42.5 Å². The summed E-state index contributed by atoms with van der Waals surface area (Å²) in [6.07, 6.45) is 0.925. The fourth-order valence-electron chi connectivity index (χ4n) is 1.82. The van der Waals surface area contributed by atoms with Crippen molar-refractivity contribution in [1.82, 2.24) is 0 Å². The monoisotopic (exact) mass is 275 g/mol. The molecule has 0 spiro atoms. The molecule has 0 radical (unpaired) electrons. The smallest absolute Gasteiger partial charge is 0.161 e. The van der Waals surface area contributed by atoms with Crippen molar-refractivity contribution in [3.63, 3.8) is 0 Å². The predicted octanol–water partition coefficient (Wildman–Crippen LogP) is 3.78. The molecule has 0 fully saturated rings. The highest BCUT2D eigenvalue weighted by molar-refractivity contribution is 5.42. The van der Waals surface area contributed by atoms with E-state index in [4.69, 9.17) is 15.2 Å². The molecule has 106 valence electrons. The van der Waals surface area contributed by atoms with Crippen LogP contribution in [0.25, 0.3) is 0 Å². The first-order valence-corrected chi connectivity index (χ1v) is 6.58. The Balaban J connectivity index is 2.06. The molecule has 0 aliphatic rings. The number of benzene rings is 2. The lowest BCUT2D eigenvalue weighted by Crippen LogP contribution is -2.01. The van der Waals surface area contributed by atoms with Gasteiger partial charge in [-0.1, -0.05) is 19.1 Å². The third-order valence-corrected chi connectivity index (χ3v) is 2.69. The van der Waals surface area contributed by atoms with Gasteiger partial charge in [-0.05, 0) is 42.3 Å². The Kier molecular flexibility index (Phi) is 4.82. The van der Waals surface area contributed by atoms with Gasteiger partial charge < -0.3 is 15.2 Å². The van der Waals surface area contributed by atoms with E-state index in [1.807, 2.05) is 31.2 Å². The third kappa shape index (κ3) is 3.88. The summed E-state index contributed by atoms with van der Waals surface area (Å²) in [5.74, 6) is 0.974. The number of hydrogen-bond donors (Lipinski definition) is 1. The van der Waals surface area contributed by atoms with Crippen LogP contribution >= 0.6 is 0 Å². The number of halogens is 1. The third-order valence-electron chi connectivity index (χ3n) is 2.69. The van der Waals surface area contributed by atoms with Gasteiger partial charge in [0.1, 0.15) is 12.4 Å². The van der Waals surface area contributed by atoms with Gasteiger partial charge in [0.25, 0.3) is 0 Å². The number of hydrogen-bond acceptors (Lipinski definition) is 3. The summed E-state index contributed by atoms with van der Waals surface area (Å²) < 4.78 is 24.5. The second-order valence-electron chi connectivity index (χ2n) is 4.48. The van der Waals surface area contributed by atoms with Gasteiger partial charge in [0, 0.05) is 5.69 Å². The molecular formula is C16H18FNO2. The molecule has 0 unspecified atom stereocenters. The van der Waals surface area contributed by atoms with E-state index in [9.17, 15) is 4.39 Å². The van der Waals surface area contributed by atoms with Gasteiger partial charge in [-0.25, -0.2) is 4.39 Å². The fourth-order valence-corrected chi connectivity index (χ4v) is 1.82. The number of rotatable bonds is 6. The molecule has 0 aliphatic carbocycles. The minimum Gasteiger partial charge on any atom is -0.490 e. The van der Waals surface area contributed by atoms with Crippen LogP contribution in [0.1, 0.15) is 18.9 Å². The molecule has 2 N–H and O–H groups in total. The quantitative estimate of drug-likeness (QED) is 0.816. The van der Waals surface area contributed by atoms with Crippen LogP contribution in [0.2, 0.25) is 0 Å². The molecule has 0 aromatic heterocycles. The minimum absolute atomic E-state index is 0.245. The summed E-state index contributed by atoms with van der Waals surface area (Å²) in [6, 6.07) is 11.8. The van der Waals surface area contributed by atoms with E-state index in [1.165, 1.54) is 12.1 Å². The first kappa shape index (κ1) is 14.2. The van der Waals surface area contributed by atoms with Crippen LogP contribution in [-0.4, -0.2) is 6.61 Å². The van der Waals surface area contributed by atoms with Gasteiger partial charge >= 0.3 is 0 Å². The highest BCUT2D eigenvalue weighted by atomic mass is 19.1. The van der Waals surface area contributed by atoms with Crippen LogP contribution in [0.4, 0.5) is 10.1 Å². The largest absolute Gasteiger partial charge is 0.490 e. The van der Waals surface area contributed by atoms with E-state index in [0.717, 1.165) is 6.42 Å². The van der Waals surface area contributed by atoms with E-state index in [-0.39, 0.29) is 12.4 Å². The zero-order valence-electron chi connectivity index (χ0n) is 11.4. The molecule has 0 amide bonds. The molecule has 0 heterocycles. The molecule has 0 bridgehead atoms. The standard InChI is InChI=1S/C16H18FNO2/c1-2-7-19-15-5-3-4-6-16(15)20-11-12-8-13(17)10-14(18)9-12/h3-6,8-10H,2,7,11,18H2,1H3. The Bertz CT molecular complexity index is 552. The predicted molar refractivity (Wildman–Crippen MR) is 77.4 cm³/mol. The van der Waals surface area contributed by atoms with E-state index in [1.54, 1.807) is 6.07 Å². The average Bonchev–Trinajstić information content (AvgIpc) is 2.43. The Morgan fingerprint density at radius 2 is 1.75 bits per heavy atom. The summed E-state index contributed by atoms with van der Waals surface area (Å²) in [4.78, 5) is 0. The number of anilines is 1. The molecule has 0 atom stereocenters. The normalized spacial score (nSPS) is 10.3. The van der Waals surface area contributed by atoms with Crippen molar-refractivity contribution in [3.8, 4) is 11.5 Å². The lowest BCUT2D eigenvalue weighted by Gasteiger charge is -2.12. The zero-order chi connectivity index (χ0) is 14.4. The maximum atomic E-state index is 13.2. The topological polar surface area (TPSA) is 44.5 Å². The van der Waals surface area contributed by atoms with Gasteiger partial charge in [0.05, 0.1) is 6.61 Å². The maximum absolute atomic E-state index is 13.2. The Morgan fingerprint density at radius 1 is 1.05 bits per heavy atom. The number of ether oxygens (including phenoxy) is 2.